The number of carbonyl (C=O) groups is 3. The molecule has 0 aliphatic heterocycles. The van der Waals surface area contributed by atoms with Gasteiger partial charge in [-0.3, -0.25) is 9.59 Å². The van der Waals surface area contributed by atoms with Crippen molar-refractivity contribution < 1.29 is 19.1 Å². The second-order valence-corrected chi connectivity index (χ2v) is 8.53. The molecular weight excluding hydrogens is 392 g/mol. The fourth-order valence-corrected chi connectivity index (χ4v) is 4.62. The number of benzene rings is 1. The first-order chi connectivity index (χ1) is 14.8. The van der Waals surface area contributed by atoms with Crippen LogP contribution in [-0.4, -0.2) is 46.7 Å². The smallest absolute Gasteiger partial charge is 0.354 e. The summed E-state index contributed by atoms with van der Waals surface area (Å²) in [6.45, 7) is 7.29. The summed E-state index contributed by atoms with van der Waals surface area (Å²) in [6, 6.07) is 6.88. The lowest BCUT2D eigenvalue weighted by molar-refractivity contribution is 0.0486. The van der Waals surface area contributed by atoms with E-state index in [0.29, 0.717) is 22.4 Å². The molecule has 0 bridgehead atoms. The number of nitrogens with zero attached hydrogens (tertiary/aromatic N) is 1. The molecule has 0 spiro atoms. The molecule has 1 saturated carbocycles. The van der Waals surface area contributed by atoms with Crippen LogP contribution in [0.1, 0.15) is 87.1 Å². The maximum atomic E-state index is 13.6. The van der Waals surface area contributed by atoms with Crippen LogP contribution in [0.2, 0.25) is 0 Å². The van der Waals surface area contributed by atoms with Crippen molar-refractivity contribution in [2.75, 3.05) is 7.11 Å². The minimum absolute atomic E-state index is 0.0288. The van der Waals surface area contributed by atoms with Crippen LogP contribution in [-0.2, 0) is 4.74 Å². The molecule has 1 N–H and O–H groups in total. The molecule has 6 heteroatoms. The predicted molar refractivity (Wildman–Crippen MR) is 120 cm³/mol. The van der Waals surface area contributed by atoms with E-state index >= 15 is 0 Å². The summed E-state index contributed by atoms with van der Waals surface area (Å²) in [4.78, 5) is 44.0. The molecule has 1 amide bonds. The van der Waals surface area contributed by atoms with Crippen molar-refractivity contribution in [3.8, 4) is 0 Å². The van der Waals surface area contributed by atoms with Gasteiger partial charge < -0.3 is 14.6 Å². The maximum Gasteiger partial charge on any atom is 0.354 e. The van der Waals surface area contributed by atoms with Gasteiger partial charge in [0.15, 0.2) is 5.78 Å². The van der Waals surface area contributed by atoms with E-state index in [-0.39, 0.29) is 23.4 Å². The number of rotatable bonds is 6. The van der Waals surface area contributed by atoms with Crippen molar-refractivity contribution in [2.45, 2.75) is 71.9 Å². The third kappa shape index (κ3) is 4.58. The number of H-pyrrole nitrogens is 1. The molecule has 1 aromatic heterocycles. The molecule has 2 aromatic rings. The summed E-state index contributed by atoms with van der Waals surface area (Å²) in [6.07, 6.45) is 5.06. The molecule has 31 heavy (non-hydrogen) atoms. The normalized spacial score (nSPS) is 15.4. The van der Waals surface area contributed by atoms with Gasteiger partial charge in [0.2, 0.25) is 0 Å². The molecule has 1 aromatic carbocycles. The lowest BCUT2D eigenvalue weighted by atomic mass is 9.90. The van der Waals surface area contributed by atoms with Crippen LogP contribution in [0.25, 0.3) is 0 Å². The van der Waals surface area contributed by atoms with Crippen LogP contribution in [0.5, 0.6) is 0 Å². The Morgan fingerprint density at radius 3 is 2.23 bits per heavy atom. The lowest BCUT2D eigenvalue weighted by Crippen LogP contribution is -2.50. The summed E-state index contributed by atoms with van der Waals surface area (Å²) in [5.41, 5.74) is 3.59. The number of hydrogen-bond acceptors (Lipinski definition) is 4. The van der Waals surface area contributed by atoms with E-state index < -0.39 is 12.0 Å². The van der Waals surface area contributed by atoms with Gasteiger partial charge in [-0.05, 0) is 58.2 Å². The summed E-state index contributed by atoms with van der Waals surface area (Å²) in [7, 11) is 1.31. The largest absolute Gasteiger partial charge is 0.464 e. The first-order valence-electron chi connectivity index (χ1n) is 11.0. The van der Waals surface area contributed by atoms with Crippen molar-refractivity contribution in [3.63, 3.8) is 0 Å². The van der Waals surface area contributed by atoms with Crippen LogP contribution in [0.15, 0.2) is 24.3 Å². The zero-order chi connectivity index (χ0) is 22.7. The van der Waals surface area contributed by atoms with Gasteiger partial charge in [0.1, 0.15) is 5.69 Å². The summed E-state index contributed by atoms with van der Waals surface area (Å²) in [5.74, 6) is -0.786. The number of hydrogen-bond donors (Lipinski definition) is 1. The number of aryl methyl sites for hydroxylation is 2. The minimum atomic E-state index is -0.643. The maximum absolute atomic E-state index is 13.6. The topological polar surface area (TPSA) is 79.5 Å². The molecule has 1 atom stereocenters. The molecule has 6 nitrogen and oxygen atoms in total. The van der Waals surface area contributed by atoms with Gasteiger partial charge in [-0.15, -0.1) is 0 Å². The fourth-order valence-electron chi connectivity index (χ4n) is 4.62. The number of aromatic nitrogens is 1. The Kier molecular flexibility index (Phi) is 6.98. The molecule has 1 heterocycles. The van der Waals surface area contributed by atoms with Gasteiger partial charge in [0.05, 0.1) is 13.2 Å². The molecule has 3 rings (SSSR count). The number of methoxy groups -OCH3 is 1. The molecule has 0 saturated heterocycles. The molecule has 0 radical (unpaired) electrons. The lowest BCUT2D eigenvalue weighted by Gasteiger charge is -2.38. The van der Waals surface area contributed by atoms with Crippen LogP contribution < -0.4 is 0 Å². The Balaban J connectivity index is 1.98. The molecule has 0 unspecified atom stereocenters. The number of amides is 1. The van der Waals surface area contributed by atoms with Crippen LogP contribution in [0.4, 0.5) is 0 Å². The Bertz CT molecular complexity index is 968. The van der Waals surface area contributed by atoms with E-state index in [1.165, 1.54) is 7.11 Å². The van der Waals surface area contributed by atoms with E-state index in [4.69, 9.17) is 4.74 Å². The van der Waals surface area contributed by atoms with Crippen LogP contribution >= 0.6 is 0 Å². The highest BCUT2D eigenvalue weighted by Crippen LogP contribution is 2.29. The average Bonchev–Trinajstić information content (AvgIpc) is 3.07. The zero-order valence-electron chi connectivity index (χ0n) is 19.1. The van der Waals surface area contributed by atoms with E-state index in [2.05, 4.69) is 4.98 Å². The predicted octanol–water partition coefficient (Wildman–Crippen LogP) is 4.77. The quantitative estimate of drug-likeness (QED) is 0.535. The molecule has 1 aliphatic rings. The summed E-state index contributed by atoms with van der Waals surface area (Å²) >= 11 is 0. The number of nitrogens with one attached hydrogen (secondary N) is 1. The van der Waals surface area contributed by atoms with Crippen molar-refractivity contribution in [3.05, 3.63) is 57.9 Å². The van der Waals surface area contributed by atoms with Crippen LogP contribution in [0.3, 0.4) is 0 Å². The molecule has 1 fully saturated rings. The number of ether oxygens (including phenoxy) is 1. The van der Waals surface area contributed by atoms with Crippen molar-refractivity contribution >= 4 is 17.7 Å². The van der Waals surface area contributed by atoms with E-state index in [0.717, 1.165) is 37.7 Å². The molecule has 1 aliphatic carbocycles. The second-order valence-electron chi connectivity index (χ2n) is 8.53. The number of Topliss-reactive ketones (excluding diaryl/α,β-unsaturated/α-hetero) is 1. The fraction of sp³-hybridized carbons (Fsp3) is 0.480. The first-order valence-corrected chi connectivity index (χ1v) is 11.0. The standard InChI is InChI=1S/C25H32N2O4/c1-15-11-13-19(14-12-15)24(29)27(20-9-7-6-8-10-20)18(4)23(28)21-16(2)22(25(30)31-5)26-17(21)3/h11-14,18,20,26H,6-10H2,1-5H3/t18-/m0/s1. The summed E-state index contributed by atoms with van der Waals surface area (Å²) in [5, 5.41) is 0. The monoisotopic (exact) mass is 424 g/mol. The average molecular weight is 425 g/mol. The summed E-state index contributed by atoms with van der Waals surface area (Å²) < 4.78 is 4.83. The van der Waals surface area contributed by atoms with Crippen molar-refractivity contribution in [1.29, 1.82) is 0 Å². The van der Waals surface area contributed by atoms with Gasteiger partial charge in [-0.1, -0.05) is 37.0 Å². The third-order valence-electron chi connectivity index (χ3n) is 6.37. The minimum Gasteiger partial charge on any atom is -0.464 e. The number of esters is 1. The van der Waals surface area contributed by atoms with Gasteiger partial charge >= 0.3 is 5.97 Å². The van der Waals surface area contributed by atoms with Crippen LogP contribution in [0, 0.1) is 20.8 Å². The van der Waals surface area contributed by atoms with E-state index in [1.54, 1.807) is 25.7 Å². The molecular formula is C25H32N2O4. The van der Waals surface area contributed by atoms with Gasteiger partial charge in [0.25, 0.3) is 5.91 Å². The van der Waals surface area contributed by atoms with Gasteiger partial charge in [-0.25, -0.2) is 4.79 Å². The molecule has 166 valence electrons. The Hall–Kier alpha value is -2.89. The van der Waals surface area contributed by atoms with Crippen molar-refractivity contribution in [1.82, 2.24) is 9.88 Å². The second kappa shape index (κ2) is 9.50. The highest BCUT2D eigenvalue weighted by Gasteiger charge is 2.36. The highest BCUT2D eigenvalue weighted by atomic mass is 16.5. The number of ketones is 1. The number of aromatic amines is 1. The Morgan fingerprint density at radius 2 is 1.65 bits per heavy atom. The van der Waals surface area contributed by atoms with Crippen molar-refractivity contribution in [2.24, 2.45) is 0 Å². The zero-order valence-corrected chi connectivity index (χ0v) is 19.1. The van der Waals surface area contributed by atoms with E-state index in [1.807, 2.05) is 31.2 Å². The van der Waals surface area contributed by atoms with E-state index in [9.17, 15) is 14.4 Å². The SMILES string of the molecule is COC(=O)c1[nH]c(C)c(C(=O)[C@H](C)N(C(=O)c2ccc(C)cc2)C2CCCCC2)c1C. The first kappa shape index (κ1) is 22.8. The Labute approximate surface area is 184 Å². The van der Waals surface area contributed by atoms with Gasteiger partial charge in [-0.2, -0.15) is 0 Å². The number of carbonyl (C=O) groups excluding carboxylic acids is 3. The third-order valence-corrected chi connectivity index (χ3v) is 6.37. The van der Waals surface area contributed by atoms with Gasteiger partial charge in [0, 0.05) is 22.9 Å². The Morgan fingerprint density at radius 1 is 1.03 bits per heavy atom. The highest BCUT2D eigenvalue weighted by molar-refractivity contribution is 6.07.